The summed E-state index contributed by atoms with van der Waals surface area (Å²) in [5.74, 6) is -0.253. The quantitative estimate of drug-likeness (QED) is 0.219. The van der Waals surface area contributed by atoms with Crippen molar-refractivity contribution in [3.8, 4) is 0 Å². The van der Waals surface area contributed by atoms with Crippen LogP contribution in [0.2, 0.25) is 10.0 Å². The Balaban J connectivity index is 1.38. The molecular formula is C27H19Cl2N3O. The van der Waals surface area contributed by atoms with Gasteiger partial charge in [0.15, 0.2) is 0 Å². The molecule has 0 spiro atoms. The fraction of sp³-hybridized carbons (Fsp3) is 0.0370. The van der Waals surface area contributed by atoms with Gasteiger partial charge in [0.2, 0.25) is 0 Å². The maximum Gasteiger partial charge on any atom is 0.271 e. The number of rotatable bonds is 5. The molecule has 0 radical (unpaired) electrons. The molecular weight excluding hydrogens is 453 g/mol. The normalized spacial score (nSPS) is 11.5. The second-order valence-electron chi connectivity index (χ2n) is 7.74. The highest BCUT2D eigenvalue weighted by Gasteiger charge is 2.09. The number of fused-ring (bicyclic) bond motifs is 2. The lowest BCUT2D eigenvalue weighted by Crippen LogP contribution is -2.17. The van der Waals surface area contributed by atoms with Crippen molar-refractivity contribution < 1.29 is 4.79 Å². The second-order valence-corrected chi connectivity index (χ2v) is 8.55. The zero-order valence-corrected chi connectivity index (χ0v) is 19.0. The van der Waals surface area contributed by atoms with Crippen LogP contribution >= 0.6 is 23.2 Å². The van der Waals surface area contributed by atoms with Gasteiger partial charge < -0.3 is 4.57 Å². The largest absolute Gasteiger partial charge is 0.342 e. The number of aromatic nitrogens is 1. The second kappa shape index (κ2) is 9.10. The number of para-hydroxylation sites is 1. The van der Waals surface area contributed by atoms with Crippen molar-refractivity contribution >= 4 is 57.0 Å². The molecule has 0 fully saturated rings. The molecule has 1 aromatic heterocycles. The molecule has 5 rings (SSSR count). The number of carbonyl (C=O) groups is 1. The van der Waals surface area contributed by atoms with E-state index < -0.39 is 0 Å². The van der Waals surface area contributed by atoms with Crippen molar-refractivity contribution in [3.05, 3.63) is 118 Å². The molecule has 0 atom stereocenters. The maximum absolute atomic E-state index is 12.6. The van der Waals surface area contributed by atoms with Crippen molar-refractivity contribution in [1.29, 1.82) is 0 Å². The molecule has 4 nitrogen and oxygen atoms in total. The first kappa shape index (κ1) is 21.3. The predicted molar refractivity (Wildman–Crippen MR) is 137 cm³/mol. The SMILES string of the molecule is O=C(N/N=C\c1cn(Cc2ccc(Cl)c(Cl)c2)c2ccccc12)c1ccc2ccccc2c1. The molecule has 162 valence electrons. The Morgan fingerprint density at radius 2 is 1.67 bits per heavy atom. The third-order valence-corrected chi connectivity index (χ3v) is 6.28. The summed E-state index contributed by atoms with van der Waals surface area (Å²) in [6.45, 7) is 0.634. The Morgan fingerprint density at radius 1 is 0.879 bits per heavy atom. The maximum atomic E-state index is 12.6. The Bertz CT molecular complexity index is 1520. The summed E-state index contributed by atoms with van der Waals surface area (Å²) < 4.78 is 2.13. The molecule has 1 amide bonds. The van der Waals surface area contributed by atoms with Gasteiger partial charge in [0.05, 0.1) is 16.3 Å². The molecule has 0 saturated heterocycles. The Morgan fingerprint density at radius 3 is 2.52 bits per heavy atom. The zero-order chi connectivity index (χ0) is 22.8. The summed E-state index contributed by atoms with van der Waals surface area (Å²) in [5.41, 5.74) is 6.21. The van der Waals surface area contributed by atoms with Crippen molar-refractivity contribution in [1.82, 2.24) is 9.99 Å². The van der Waals surface area contributed by atoms with Crippen LogP contribution in [0.25, 0.3) is 21.7 Å². The number of carbonyl (C=O) groups excluding carboxylic acids is 1. The standard InChI is InChI=1S/C27H19Cl2N3O/c28-24-12-9-18(13-25(24)29)16-32-17-22(23-7-3-4-8-26(23)32)15-30-31-27(33)21-11-10-19-5-1-2-6-20(19)14-21/h1-15,17H,16H2,(H,31,33)/b30-15-. The molecule has 0 aliphatic heterocycles. The summed E-state index contributed by atoms with van der Waals surface area (Å²) in [4.78, 5) is 12.6. The average Bonchev–Trinajstić information content (AvgIpc) is 3.18. The van der Waals surface area contributed by atoms with Crippen LogP contribution in [-0.2, 0) is 6.54 Å². The zero-order valence-electron chi connectivity index (χ0n) is 17.5. The summed E-state index contributed by atoms with van der Waals surface area (Å²) in [7, 11) is 0. The van der Waals surface area contributed by atoms with Crippen molar-refractivity contribution in [3.63, 3.8) is 0 Å². The molecule has 1 heterocycles. The molecule has 0 unspecified atom stereocenters. The monoisotopic (exact) mass is 471 g/mol. The number of amides is 1. The third kappa shape index (κ3) is 4.49. The Labute approximate surface area is 201 Å². The highest BCUT2D eigenvalue weighted by molar-refractivity contribution is 6.42. The van der Waals surface area contributed by atoms with Gasteiger partial charge in [0, 0.05) is 34.8 Å². The fourth-order valence-electron chi connectivity index (χ4n) is 3.90. The van der Waals surface area contributed by atoms with Crippen LogP contribution in [0.5, 0.6) is 0 Å². The van der Waals surface area contributed by atoms with Gasteiger partial charge in [0.1, 0.15) is 0 Å². The van der Waals surface area contributed by atoms with E-state index in [-0.39, 0.29) is 5.91 Å². The van der Waals surface area contributed by atoms with E-state index in [1.54, 1.807) is 18.3 Å². The summed E-state index contributed by atoms with van der Waals surface area (Å²) in [6.07, 6.45) is 3.69. The predicted octanol–water partition coefficient (Wildman–Crippen LogP) is 6.91. The first-order chi connectivity index (χ1) is 16.1. The van der Waals surface area contributed by atoms with E-state index in [4.69, 9.17) is 23.2 Å². The van der Waals surface area contributed by atoms with E-state index in [9.17, 15) is 4.79 Å². The van der Waals surface area contributed by atoms with Crippen LogP contribution in [0.15, 0.2) is 96.2 Å². The third-order valence-electron chi connectivity index (χ3n) is 5.54. The highest BCUT2D eigenvalue weighted by Crippen LogP contribution is 2.25. The van der Waals surface area contributed by atoms with Crippen LogP contribution in [0.1, 0.15) is 21.5 Å². The first-order valence-electron chi connectivity index (χ1n) is 10.4. The number of hydrogen-bond donors (Lipinski definition) is 1. The molecule has 4 aromatic carbocycles. The van der Waals surface area contributed by atoms with E-state index in [0.717, 1.165) is 32.8 Å². The average molecular weight is 472 g/mol. The van der Waals surface area contributed by atoms with Gasteiger partial charge in [-0.2, -0.15) is 5.10 Å². The minimum absolute atomic E-state index is 0.253. The van der Waals surface area contributed by atoms with Crippen molar-refractivity contribution in [2.45, 2.75) is 6.54 Å². The first-order valence-corrected chi connectivity index (χ1v) is 11.2. The fourth-order valence-corrected chi connectivity index (χ4v) is 4.22. The number of hydrogen-bond acceptors (Lipinski definition) is 2. The highest BCUT2D eigenvalue weighted by atomic mass is 35.5. The lowest BCUT2D eigenvalue weighted by atomic mass is 10.1. The molecule has 0 saturated carbocycles. The van der Waals surface area contributed by atoms with Crippen molar-refractivity contribution in [2.75, 3.05) is 0 Å². The smallest absolute Gasteiger partial charge is 0.271 e. The lowest BCUT2D eigenvalue weighted by Gasteiger charge is -2.06. The van der Waals surface area contributed by atoms with E-state index in [1.165, 1.54) is 0 Å². The molecule has 0 aliphatic carbocycles. The summed E-state index contributed by atoms with van der Waals surface area (Å²) >= 11 is 12.2. The van der Waals surface area contributed by atoms with Gasteiger partial charge in [-0.25, -0.2) is 5.43 Å². The summed E-state index contributed by atoms with van der Waals surface area (Å²) in [5, 5.41) is 8.43. The van der Waals surface area contributed by atoms with Gasteiger partial charge in [-0.15, -0.1) is 0 Å². The molecule has 33 heavy (non-hydrogen) atoms. The Hall–Kier alpha value is -3.60. The molecule has 5 aromatic rings. The number of nitrogens with one attached hydrogen (secondary N) is 1. The number of benzene rings is 4. The lowest BCUT2D eigenvalue weighted by molar-refractivity contribution is 0.0955. The van der Waals surface area contributed by atoms with Gasteiger partial charge in [-0.1, -0.05) is 77.8 Å². The minimum atomic E-state index is -0.253. The van der Waals surface area contributed by atoms with Crippen LogP contribution in [0, 0.1) is 0 Å². The van der Waals surface area contributed by atoms with Gasteiger partial charge >= 0.3 is 0 Å². The molecule has 6 heteroatoms. The van der Waals surface area contributed by atoms with Gasteiger partial charge in [-0.05, 0) is 46.7 Å². The van der Waals surface area contributed by atoms with Gasteiger partial charge in [0.25, 0.3) is 5.91 Å². The number of hydrazone groups is 1. The molecule has 1 N–H and O–H groups in total. The molecule has 0 bridgehead atoms. The molecule has 0 aliphatic rings. The van der Waals surface area contributed by atoms with E-state index >= 15 is 0 Å². The number of halogens is 2. The topological polar surface area (TPSA) is 46.4 Å². The van der Waals surface area contributed by atoms with E-state index in [0.29, 0.717) is 22.2 Å². The van der Waals surface area contributed by atoms with Gasteiger partial charge in [-0.3, -0.25) is 4.79 Å². The van der Waals surface area contributed by atoms with Crippen molar-refractivity contribution in [2.24, 2.45) is 5.10 Å². The summed E-state index contributed by atoms with van der Waals surface area (Å²) in [6, 6.07) is 27.2. The van der Waals surface area contributed by atoms with E-state index in [1.807, 2.05) is 72.9 Å². The van der Waals surface area contributed by atoms with Crippen LogP contribution < -0.4 is 5.43 Å². The van der Waals surface area contributed by atoms with Crippen LogP contribution in [0.4, 0.5) is 0 Å². The number of nitrogens with zero attached hydrogens (tertiary/aromatic N) is 2. The Kier molecular flexibility index (Phi) is 5.86. The van der Waals surface area contributed by atoms with Crippen LogP contribution in [0.3, 0.4) is 0 Å². The minimum Gasteiger partial charge on any atom is -0.342 e. The van der Waals surface area contributed by atoms with E-state index in [2.05, 4.69) is 21.2 Å². The van der Waals surface area contributed by atoms with Crippen LogP contribution in [-0.4, -0.2) is 16.7 Å².